The smallest absolute Gasteiger partial charge is 0.310 e. The van der Waals surface area contributed by atoms with Crippen molar-refractivity contribution < 1.29 is 23.9 Å². The average molecular weight is 383 g/mol. The van der Waals surface area contributed by atoms with Crippen LogP contribution in [0.2, 0.25) is 0 Å². The van der Waals surface area contributed by atoms with Gasteiger partial charge in [-0.05, 0) is 51.1 Å². The Labute approximate surface area is 165 Å². The number of amides is 1. The normalized spacial score (nSPS) is 10.5. The van der Waals surface area contributed by atoms with Gasteiger partial charge in [-0.3, -0.25) is 14.4 Å². The maximum Gasteiger partial charge on any atom is 0.310 e. The van der Waals surface area contributed by atoms with Crippen LogP contribution in [0.25, 0.3) is 0 Å². The van der Waals surface area contributed by atoms with E-state index in [4.69, 9.17) is 9.47 Å². The molecule has 0 fully saturated rings. The number of hydrogen-bond donors (Lipinski definition) is 0. The Balaban J connectivity index is 2.04. The zero-order valence-corrected chi connectivity index (χ0v) is 16.6. The third-order valence-electron chi connectivity index (χ3n) is 4.20. The number of carbonyl (C=O) groups excluding carboxylic acids is 3. The van der Waals surface area contributed by atoms with Crippen molar-refractivity contribution in [3.63, 3.8) is 0 Å². The molecule has 0 spiro atoms. The van der Waals surface area contributed by atoms with Gasteiger partial charge in [0.15, 0.2) is 12.4 Å². The van der Waals surface area contributed by atoms with E-state index in [9.17, 15) is 14.4 Å². The van der Waals surface area contributed by atoms with Crippen LogP contribution >= 0.6 is 0 Å². The average Bonchev–Trinajstić information content (AvgIpc) is 2.67. The molecule has 0 aliphatic carbocycles. The van der Waals surface area contributed by atoms with E-state index in [1.165, 1.54) is 14.0 Å². The minimum Gasteiger partial charge on any atom is -0.496 e. The lowest BCUT2D eigenvalue weighted by Gasteiger charge is -2.26. The topological polar surface area (TPSA) is 72.9 Å². The number of para-hydroxylation sites is 1. The Hall–Kier alpha value is -3.15. The molecule has 1 amide bonds. The zero-order chi connectivity index (χ0) is 20.7. The molecule has 148 valence electrons. The molecule has 0 unspecified atom stereocenters. The molecule has 0 saturated heterocycles. The molecule has 2 rings (SSSR count). The summed E-state index contributed by atoms with van der Waals surface area (Å²) in [6, 6.07) is 14.0. The molecule has 28 heavy (non-hydrogen) atoms. The molecule has 0 saturated carbocycles. The number of anilines is 1. The van der Waals surface area contributed by atoms with Gasteiger partial charge in [0.1, 0.15) is 5.75 Å². The van der Waals surface area contributed by atoms with Crippen LogP contribution < -0.4 is 9.64 Å². The number of ether oxygens (including phenoxy) is 2. The number of hydrogen-bond acceptors (Lipinski definition) is 5. The summed E-state index contributed by atoms with van der Waals surface area (Å²) in [6.45, 7) is 4.88. The molecule has 0 aliphatic rings. The Kier molecular flexibility index (Phi) is 7.32. The summed E-state index contributed by atoms with van der Waals surface area (Å²) >= 11 is 0. The molecule has 0 aliphatic heterocycles. The lowest BCUT2D eigenvalue weighted by Crippen LogP contribution is -2.40. The minimum absolute atomic E-state index is 0.0825. The lowest BCUT2D eigenvalue weighted by molar-refractivity contribution is -0.147. The molecule has 2 aromatic rings. The van der Waals surface area contributed by atoms with Crippen molar-refractivity contribution in [2.24, 2.45) is 0 Å². The van der Waals surface area contributed by atoms with Crippen LogP contribution in [0.1, 0.15) is 36.7 Å². The third kappa shape index (κ3) is 5.42. The van der Waals surface area contributed by atoms with Crippen molar-refractivity contribution >= 4 is 23.3 Å². The van der Waals surface area contributed by atoms with Crippen LogP contribution in [0.4, 0.5) is 5.69 Å². The Morgan fingerprint density at radius 1 is 1.04 bits per heavy atom. The summed E-state index contributed by atoms with van der Waals surface area (Å²) in [6.07, 6.45) is -0.0927. The largest absolute Gasteiger partial charge is 0.496 e. The molecule has 0 atom stereocenters. The van der Waals surface area contributed by atoms with Gasteiger partial charge in [-0.1, -0.05) is 18.2 Å². The standard InChI is InChI=1S/C22H25NO5/c1-15(2)23(19-8-6-5-7-9-19)21(25)14-28-22(26)13-18-12-17(16(3)24)10-11-20(18)27-4/h5-12,15H,13-14H2,1-4H3. The number of esters is 1. The van der Waals surface area contributed by atoms with E-state index in [2.05, 4.69) is 0 Å². The number of benzene rings is 2. The first kappa shape index (κ1) is 21.2. The maximum atomic E-state index is 12.6. The highest BCUT2D eigenvalue weighted by atomic mass is 16.5. The predicted octanol–water partition coefficient (Wildman–Crippen LogP) is 3.43. The van der Waals surface area contributed by atoms with Gasteiger partial charge in [0, 0.05) is 22.9 Å². The SMILES string of the molecule is COc1ccc(C(C)=O)cc1CC(=O)OCC(=O)N(c1ccccc1)C(C)C. The van der Waals surface area contributed by atoms with Crippen molar-refractivity contribution in [3.8, 4) is 5.75 Å². The van der Waals surface area contributed by atoms with Gasteiger partial charge in [-0.15, -0.1) is 0 Å². The second-order valence-corrected chi connectivity index (χ2v) is 6.61. The number of ketones is 1. The number of nitrogens with zero attached hydrogens (tertiary/aromatic N) is 1. The van der Waals surface area contributed by atoms with Gasteiger partial charge < -0.3 is 14.4 Å². The Bertz CT molecular complexity index is 845. The highest BCUT2D eigenvalue weighted by molar-refractivity contribution is 5.96. The number of methoxy groups -OCH3 is 1. The maximum absolute atomic E-state index is 12.6. The molecule has 6 heteroatoms. The van der Waals surface area contributed by atoms with E-state index >= 15 is 0 Å². The van der Waals surface area contributed by atoms with Gasteiger partial charge in [-0.25, -0.2) is 0 Å². The monoisotopic (exact) mass is 383 g/mol. The van der Waals surface area contributed by atoms with Crippen LogP contribution in [-0.2, 0) is 20.7 Å². The number of Topliss-reactive ketones (excluding diaryl/α,β-unsaturated/α-hetero) is 1. The fraction of sp³-hybridized carbons (Fsp3) is 0.318. The first-order valence-electron chi connectivity index (χ1n) is 9.04. The van der Waals surface area contributed by atoms with E-state index in [1.807, 2.05) is 44.2 Å². The molecule has 0 bridgehead atoms. The molecule has 0 radical (unpaired) electrons. The first-order valence-corrected chi connectivity index (χ1v) is 9.04. The second-order valence-electron chi connectivity index (χ2n) is 6.61. The molecule has 6 nitrogen and oxygen atoms in total. The lowest BCUT2D eigenvalue weighted by atomic mass is 10.0. The highest BCUT2D eigenvalue weighted by Gasteiger charge is 2.21. The first-order chi connectivity index (χ1) is 13.3. The Morgan fingerprint density at radius 2 is 1.71 bits per heavy atom. The van der Waals surface area contributed by atoms with Crippen LogP contribution in [-0.4, -0.2) is 37.4 Å². The number of rotatable bonds is 8. The van der Waals surface area contributed by atoms with Crippen molar-refractivity contribution in [1.29, 1.82) is 0 Å². The van der Waals surface area contributed by atoms with Crippen LogP contribution in [0.5, 0.6) is 5.75 Å². The Morgan fingerprint density at radius 3 is 2.29 bits per heavy atom. The van der Waals surface area contributed by atoms with Crippen molar-refractivity contribution in [2.75, 3.05) is 18.6 Å². The van der Waals surface area contributed by atoms with E-state index in [1.54, 1.807) is 23.1 Å². The van der Waals surface area contributed by atoms with Crippen LogP contribution in [0, 0.1) is 0 Å². The molecule has 0 heterocycles. The van der Waals surface area contributed by atoms with Gasteiger partial charge in [0.2, 0.25) is 0 Å². The molecular formula is C22H25NO5. The summed E-state index contributed by atoms with van der Waals surface area (Å²) in [5.41, 5.74) is 1.76. The summed E-state index contributed by atoms with van der Waals surface area (Å²) < 4.78 is 10.4. The van der Waals surface area contributed by atoms with Crippen molar-refractivity contribution in [2.45, 2.75) is 33.2 Å². The summed E-state index contributed by atoms with van der Waals surface area (Å²) in [5, 5.41) is 0. The summed E-state index contributed by atoms with van der Waals surface area (Å²) in [7, 11) is 1.49. The van der Waals surface area contributed by atoms with E-state index in [-0.39, 0.29) is 30.8 Å². The van der Waals surface area contributed by atoms with E-state index in [0.29, 0.717) is 16.9 Å². The van der Waals surface area contributed by atoms with Gasteiger partial charge in [0.25, 0.3) is 5.91 Å². The zero-order valence-electron chi connectivity index (χ0n) is 16.6. The molecule has 0 N–H and O–H groups in total. The number of carbonyl (C=O) groups is 3. The summed E-state index contributed by atoms with van der Waals surface area (Å²) in [4.78, 5) is 38.0. The van der Waals surface area contributed by atoms with E-state index in [0.717, 1.165) is 5.69 Å². The van der Waals surface area contributed by atoms with Gasteiger partial charge in [-0.2, -0.15) is 0 Å². The van der Waals surface area contributed by atoms with Crippen molar-refractivity contribution in [3.05, 3.63) is 59.7 Å². The van der Waals surface area contributed by atoms with Gasteiger partial charge >= 0.3 is 5.97 Å². The second kappa shape index (κ2) is 9.69. The molecule has 0 aromatic heterocycles. The molecule has 2 aromatic carbocycles. The van der Waals surface area contributed by atoms with Crippen LogP contribution in [0.3, 0.4) is 0 Å². The van der Waals surface area contributed by atoms with Crippen molar-refractivity contribution in [1.82, 2.24) is 0 Å². The third-order valence-corrected chi connectivity index (χ3v) is 4.20. The summed E-state index contributed by atoms with van der Waals surface area (Å²) in [5.74, 6) is -0.493. The minimum atomic E-state index is -0.566. The fourth-order valence-corrected chi connectivity index (χ4v) is 2.87. The fourth-order valence-electron chi connectivity index (χ4n) is 2.87. The van der Waals surface area contributed by atoms with E-state index < -0.39 is 5.97 Å². The molecular weight excluding hydrogens is 358 g/mol. The van der Waals surface area contributed by atoms with Crippen LogP contribution in [0.15, 0.2) is 48.5 Å². The highest BCUT2D eigenvalue weighted by Crippen LogP contribution is 2.21. The van der Waals surface area contributed by atoms with Gasteiger partial charge in [0.05, 0.1) is 13.5 Å². The predicted molar refractivity (Wildman–Crippen MR) is 107 cm³/mol. The quantitative estimate of drug-likeness (QED) is 0.516.